The maximum absolute atomic E-state index is 13.7. The summed E-state index contributed by atoms with van der Waals surface area (Å²) in [4.78, 5) is 17.6. The Morgan fingerprint density at radius 2 is 2.29 bits per heavy atom. The highest BCUT2D eigenvalue weighted by Gasteiger charge is 2.31. The van der Waals surface area contributed by atoms with Crippen molar-refractivity contribution in [3.63, 3.8) is 0 Å². The van der Waals surface area contributed by atoms with Gasteiger partial charge in [-0.3, -0.25) is 9.48 Å². The van der Waals surface area contributed by atoms with Crippen LogP contribution in [0.5, 0.6) is 0 Å². The Morgan fingerprint density at radius 3 is 2.90 bits per heavy atom. The van der Waals surface area contributed by atoms with E-state index in [0.717, 1.165) is 0 Å². The number of aromatic nitrogens is 3. The summed E-state index contributed by atoms with van der Waals surface area (Å²) in [6.45, 7) is 1.01. The van der Waals surface area contributed by atoms with Crippen LogP contribution in [0.3, 0.4) is 0 Å². The first-order valence-electron chi connectivity index (χ1n) is 6.39. The molecule has 6 nitrogen and oxygen atoms in total. The zero-order valence-electron chi connectivity index (χ0n) is 11.3. The Morgan fingerprint density at radius 1 is 1.52 bits per heavy atom. The van der Waals surface area contributed by atoms with Gasteiger partial charge in [0.05, 0.1) is 11.1 Å². The van der Waals surface area contributed by atoms with E-state index in [2.05, 4.69) is 15.4 Å². The van der Waals surface area contributed by atoms with Crippen LogP contribution in [0.1, 0.15) is 10.5 Å². The lowest BCUT2D eigenvalue weighted by molar-refractivity contribution is 0.0924. The fraction of sp³-hybridized carbons (Fsp3) is 0.308. The van der Waals surface area contributed by atoms with E-state index in [4.69, 9.17) is 11.6 Å². The van der Waals surface area contributed by atoms with Crippen LogP contribution in [0.2, 0.25) is 5.02 Å². The first-order chi connectivity index (χ1) is 10.0. The maximum atomic E-state index is 13.7. The molecule has 0 unspecified atom stereocenters. The van der Waals surface area contributed by atoms with Crippen LogP contribution >= 0.6 is 11.6 Å². The van der Waals surface area contributed by atoms with E-state index in [9.17, 15) is 9.18 Å². The molecule has 0 spiro atoms. The monoisotopic (exact) mass is 309 g/mol. The number of carbonyl (C=O) groups excluding carboxylic acids is 1. The van der Waals surface area contributed by atoms with E-state index in [0.29, 0.717) is 18.8 Å². The summed E-state index contributed by atoms with van der Waals surface area (Å²) >= 11 is 5.66. The molecular weight excluding hydrogens is 297 g/mol. The van der Waals surface area contributed by atoms with E-state index in [1.807, 2.05) is 0 Å². The van der Waals surface area contributed by atoms with Crippen molar-refractivity contribution in [1.82, 2.24) is 20.1 Å². The van der Waals surface area contributed by atoms with Crippen LogP contribution in [-0.2, 0) is 7.05 Å². The summed E-state index contributed by atoms with van der Waals surface area (Å²) in [5.74, 6) is -0.440. The van der Waals surface area contributed by atoms with Gasteiger partial charge in [-0.15, -0.1) is 0 Å². The van der Waals surface area contributed by atoms with Crippen LogP contribution < -0.4 is 10.2 Å². The minimum atomic E-state index is -0.461. The molecule has 2 aromatic rings. The quantitative estimate of drug-likeness (QED) is 0.926. The molecule has 1 saturated heterocycles. The molecule has 0 bridgehead atoms. The second-order valence-electron chi connectivity index (χ2n) is 4.91. The summed E-state index contributed by atoms with van der Waals surface area (Å²) in [6.07, 6.45) is 3.11. The predicted octanol–water partition coefficient (Wildman–Crippen LogP) is 1.23. The maximum Gasteiger partial charge on any atom is 0.272 e. The van der Waals surface area contributed by atoms with Crippen molar-refractivity contribution in [1.29, 1.82) is 0 Å². The Labute approximate surface area is 125 Å². The molecule has 110 valence electrons. The molecule has 0 aromatic carbocycles. The van der Waals surface area contributed by atoms with Gasteiger partial charge in [-0.25, -0.2) is 9.37 Å². The molecule has 1 fully saturated rings. The van der Waals surface area contributed by atoms with Gasteiger partial charge in [0, 0.05) is 32.5 Å². The SMILES string of the molecule is Cn1ccc(C(=O)NC2CN(c3ncc(Cl)cc3F)C2)n1. The highest BCUT2D eigenvalue weighted by atomic mass is 35.5. The highest BCUT2D eigenvalue weighted by Crippen LogP contribution is 2.23. The molecule has 1 amide bonds. The molecule has 0 saturated carbocycles. The Balaban J connectivity index is 1.57. The van der Waals surface area contributed by atoms with Gasteiger partial charge in [-0.05, 0) is 12.1 Å². The van der Waals surface area contributed by atoms with E-state index in [-0.39, 0.29) is 22.8 Å². The van der Waals surface area contributed by atoms with Gasteiger partial charge in [-0.2, -0.15) is 5.10 Å². The number of halogens is 2. The largest absolute Gasteiger partial charge is 0.350 e. The molecule has 1 aliphatic rings. The summed E-state index contributed by atoms with van der Waals surface area (Å²) < 4.78 is 15.3. The fourth-order valence-electron chi connectivity index (χ4n) is 2.18. The molecule has 21 heavy (non-hydrogen) atoms. The second kappa shape index (κ2) is 5.33. The molecule has 3 heterocycles. The average molecular weight is 310 g/mol. The van der Waals surface area contributed by atoms with Crippen LogP contribution in [0.4, 0.5) is 10.2 Å². The Hall–Kier alpha value is -2.15. The van der Waals surface area contributed by atoms with Crippen molar-refractivity contribution in [2.24, 2.45) is 7.05 Å². The van der Waals surface area contributed by atoms with Crippen molar-refractivity contribution < 1.29 is 9.18 Å². The van der Waals surface area contributed by atoms with Gasteiger partial charge in [0.2, 0.25) is 0 Å². The Bertz CT molecular complexity index is 683. The van der Waals surface area contributed by atoms with Gasteiger partial charge < -0.3 is 10.2 Å². The third kappa shape index (κ3) is 2.82. The van der Waals surface area contributed by atoms with Crippen LogP contribution in [0.25, 0.3) is 0 Å². The van der Waals surface area contributed by atoms with Gasteiger partial charge in [-0.1, -0.05) is 11.6 Å². The van der Waals surface area contributed by atoms with Crippen molar-refractivity contribution in [3.8, 4) is 0 Å². The normalized spacial score (nSPS) is 14.9. The lowest BCUT2D eigenvalue weighted by Gasteiger charge is -2.40. The minimum absolute atomic E-state index is 0.0450. The Kier molecular flexibility index (Phi) is 3.50. The zero-order valence-corrected chi connectivity index (χ0v) is 12.0. The zero-order chi connectivity index (χ0) is 15.0. The van der Waals surface area contributed by atoms with Crippen molar-refractivity contribution in [3.05, 3.63) is 41.1 Å². The average Bonchev–Trinajstić information content (AvgIpc) is 2.81. The topological polar surface area (TPSA) is 63.1 Å². The van der Waals surface area contributed by atoms with Gasteiger partial charge in [0.15, 0.2) is 11.6 Å². The predicted molar refractivity (Wildman–Crippen MR) is 75.9 cm³/mol. The van der Waals surface area contributed by atoms with Gasteiger partial charge in [0.1, 0.15) is 5.69 Å². The molecule has 1 aliphatic heterocycles. The minimum Gasteiger partial charge on any atom is -0.350 e. The molecule has 1 N–H and O–H groups in total. The van der Waals surface area contributed by atoms with E-state index < -0.39 is 5.82 Å². The first kappa shape index (κ1) is 13.8. The van der Waals surface area contributed by atoms with Crippen LogP contribution in [0, 0.1) is 5.82 Å². The second-order valence-corrected chi connectivity index (χ2v) is 5.35. The molecule has 3 rings (SSSR count). The van der Waals surface area contributed by atoms with Crippen molar-refractivity contribution >= 4 is 23.3 Å². The van der Waals surface area contributed by atoms with Crippen LogP contribution in [-0.4, -0.2) is 39.8 Å². The standard InChI is InChI=1S/C13H13ClFN5O/c1-19-3-2-11(18-19)13(21)17-9-6-20(7-9)12-10(15)4-8(14)5-16-12/h2-5,9H,6-7H2,1H3,(H,17,21). The third-order valence-electron chi connectivity index (χ3n) is 3.25. The van der Waals surface area contributed by atoms with Gasteiger partial charge >= 0.3 is 0 Å². The fourth-order valence-corrected chi connectivity index (χ4v) is 2.32. The third-order valence-corrected chi connectivity index (χ3v) is 3.46. The molecule has 8 heteroatoms. The summed E-state index contributed by atoms with van der Waals surface area (Å²) in [6, 6.07) is 2.83. The molecule has 0 aliphatic carbocycles. The van der Waals surface area contributed by atoms with E-state index >= 15 is 0 Å². The number of nitrogens with zero attached hydrogens (tertiary/aromatic N) is 4. The number of anilines is 1. The molecule has 0 atom stereocenters. The molecular formula is C13H13ClFN5O. The van der Waals surface area contributed by atoms with Gasteiger partial charge in [0.25, 0.3) is 5.91 Å². The highest BCUT2D eigenvalue weighted by molar-refractivity contribution is 6.30. The number of rotatable bonds is 3. The number of carbonyl (C=O) groups is 1. The van der Waals surface area contributed by atoms with Crippen LogP contribution in [0.15, 0.2) is 24.5 Å². The number of nitrogens with one attached hydrogen (secondary N) is 1. The first-order valence-corrected chi connectivity index (χ1v) is 6.77. The smallest absolute Gasteiger partial charge is 0.272 e. The summed E-state index contributed by atoms with van der Waals surface area (Å²) in [5, 5.41) is 7.13. The van der Waals surface area contributed by atoms with E-state index in [1.165, 1.54) is 12.3 Å². The molecule has 2 aromatic heterocycles. The summed E-state index contributed by atoms with van der Waals surface area (Å²) in [7, 11) is 1.75. The summed E-state index contributed by atoms with van der Waals surface area (Å²) in [5.41, 5.74) is 0.367. The van der Waals surface area contributed by atoms with E-state index in [1.54, 1.807) is 28.9 Å². The number of aryl methyl sites for hydroxylation is 1. The molecule has 0 radical (unpaired) electrons. The number of pyridine rings is 1. The van der Waals surface area contributed by atoms with Crippen molar-refractivity contribution in [2.75, 3.05) is 18.0 Å². The number of hydrogen-bond donors (Lipinski definition) is 1. The number of hydrogen-bond acceptors (Lipinski definition) is 4. The lowest BCUT2D eigenvalue weighted by Crippen LogP contribution is -2.60. The van der Waals surface area contributed by atoms with Crippen molar-refractivity contribution in [2.45, 2.75) is 6.04 Å². The number of amides is 1. The lowest BCUT2D eigenvalue weighted by atomic mass is 10.1.